The van der Waals surface area contributed by atoms with E-state index in [9.17, 15) is 4.79 Å². The second kappa shape index (κ2) is 6.44. The van der Waals surface area contributed by atoms with Crippen LogP contribution in [0, 0.1) is 20.8 Å². The third-order valence-electron chi connectivity index (χ3n) is 5.20. The molecule has 0 N–H and O–H groups in total. The first-order valence-electron chi connectivity index (χ1n) is 8.81. The summed E-state index contributed by atoms with van der Waals surface area (Å²) in [7, 11) is 0. The number of aromatic nitrogens is 3. The van der Waals surface area contributed by atoms with Crippen LogP contribution in [0.25, 0.3) is 0 Å². The Bertz CT molecular complexity index is 923. The molecule has 0 fully saturated rings. The van der Waals surface area contributed by atoms with Gasteiger partial charge in [0.25, 0.3) is 0 Å². The summed E-state index contributed by atoms with van der Waals surface area (Å²) in [6.07, 6.45) is 2.17. The van der Waals surface area contributed by atoms with Gasteiger partial charge in [0, 0.05) is 24.0 Å². The smallest absolute Gasteiger partial charge is 0.228 e. The number of benzene rings is 1. The van der Waals surface area contributed by atoms with Gasteiger partial charge in [-0.1, -0.05) is 35.5 Å². The van der Waals surface area contributed by atoms with E-state index in [4.69, 9.17) is 4.52 Å². The van der Waals surface area contributed by atoms with Gasteiger partial charge in [-0.25, -0.2) is 4.98 Å². The van der Waals surface area contributed by atoms with Crippen LogP contribution in [0.5, 0.6) is 0 Å². The highest BCUT2D eigenvalue weighted by Crippen LogP contribution is 2.31. The Labute approximate surface area is 152 Å². The van der Waals surface area contributed by atoms with E-state index in [1.807, 2.05) is 43.1 Å². The Morgan fingerprint density at radius 2 is 2.00 bits per heavy atom. The Balaban J connectivity index is 1.68. The van der Waals surface area contributed by atoms with Crippen molar-refractivity contribution in [2.75, 3.05) is 0 Å². The van der Waals surface area contributed by atoms with Crippen LogP contribution in [0.15, 0.2) is 41.1 Å². The number of amides is 1. The molecule has 0 saturated heterocycles. The van der Waals surface area contributed by atoms with E-state index in [0.29, 0.717) is 18.7 Å². The zero-order chi connectivity index (χ0) is 18.3. The van der Waals surface area contributed by atoms with Gasteiger partial charge in [0.15, 0.2) is 0 Å². The standard InChI is InChI=1S/C20H22N4O2/c1-13-10-21-19-12-24(20(25)9-17-14(2)22-26-15(17)3)18(11-23(13)19)16-7-5-4-6-8-16/h4-8,10,18H,9,11-12H2,1-3H3/t18-/m1/s1. The van der Waals surface area contributed by atoms with Crippen molar-refractivity contribution in [3.05, 3.63) is 70.6 Å². The Morgan fingerprint density at radius 1 is 1.23 bits per heavy atom. The molecule has 6 nitrogen and oxygen atoms in total. The average Bonchev–Trinajstić information content (AvgIpc) is 3.18. The van der Waals surface area contributed by atoms with Crippen molar-refractivity contribution in [2.24, 2.45) is 0 Å². The van der Waals surface area contributed by atoms with Crippen molar-refractivity contribution < 1.29 is 9.32 Å². The van der Waals surface area contributed by atoms with E-state index in [0.717, 1.165) is 34.9 Å². The first-order chi connectivity index (χ1) is 12.5. The Kier molecular flexibility index (Phi) is 4.11. The molecule has 1 atom stereocenters. The van der Waals surface area contributed by atoms with E-state index in [-0.39, 0.29) is 11.9 Å². The fourth-order valence-corrected chi connectivity index (χ4v) is 3.65. The molecule has 0 bridgehead atoms. The molecule has 3 heterocycles. The van der Waals surface area contributed by atoms with Crippen molar-refractivity contribution in [1.82, 2.24) is 19.6 Å². The van der Waals surface area contributed by atoms with Crippen LogP contribution in [0.2, 0.25) is 0 Å². The van der Waals surface area contributed by atoms with Gasteiger partial charge in [-0.15, -0.1) is 0 Å². The van der Waals surface area contributed by atoms with Gasteiger partial charge in [0.2, 0.25) is 5.91 Å². The van der Waals surface area contributed by atoms with Gasteiger partial charge in [-0.3, -0.25) is 4.79 Å². The molecule has 6 heteroatoms. The topological polar surface area (TPSA) is 64.2 Å². The lowest BCUT2D eigenvalue weighted by Crippen LogP contribution is -2.42. The molecule has 2 aromatic heterocycles. The first-order valence-corrected chi connectivity index (χ1v) is 8.81. The molecule has 3 aromatic rings. The summed E-state index contributed by atoms with van der Waals surface area (Å²) in [6.45, 7) is 7.01. The van der Waals surface area contributed by atoms with Gasteiger partial charge in [-0.05, 0) is 26.3 Å². The minimum Gasteiger partial charge on any atom is -0.361 e. The van der Waals surface area contributed by atoms with Gasteiger partial charge in [0.05, 0.1) is 24.7 Å². The normalized spacial score (nSPS) is 16.6. The number of hydrogen-bond donors (Lipinski definition) is 0. The highest BCUT2D eigenvalue weighted by Gasteiger charge is 2.32. The molecule has 1 aromatic carbocycles. The molecule has 1 aliphatic rings. The molecule has 0 unspecified atom stereocenters. The fraction of sp³-hybridized carbons (Fsp3) is 0.350. The van der Waals surface area contributed by atoms with Crippen molar-refractivity contribution in [1.29, 1.82) is 0 Å². The molecular formula is C20H22N4O2. The van der Waals surface area contributed by atoms with E-state index >= 15 is 0 Å². The molecule has 134 valence electrons. The molecule has 0 radical (unpaired) electrons. The van der Waals surface area contributed by atoms with Crippen LogP contribution in [0.1, 0.15) is 40.1 Å². The van der Waals surface area contributed by atoms with Crippen molar-refractivity contribution >= 4 is 5.91 Å². The zero-order valence-corrected chi connectivity index (χ0v) is 15.3. The maximum atomic E-state index is 13.2. The summed E-state index contributed by atoms with van der Waals surface area (Å²) in [5, 5.41) is 3.97. The van der Waals surface area contributed by atoms with E-state index in [1.165, 1.54) is 0 Å². The first kappa shape index (κ1) is 16.6. The van der Waals surface area contributed by atoms with Crippen LogP contribution in [0.4, 0.5) is 0 Å². The predicted octanol–water partition coefficient (Wildman–Crippen LogP) is 3.12. The second-order valence-electron chi connectivity index (χ2n) is 6.85. The van der Waals surface area contributed by atoms with Gasteiger partial charge < -0.3 is 14.0 Å². The van der Waals surface area contributed by atoms with Crippen LogP contribution in [-0.4, -0.2) is 25.5 Å². The van der Waals surface area contributed by atoms with Crippen molar-refractivity contribution in [3.8, 4) is 0 Å². The summed E-state index contributed by atoms with van der Waals surface area (Å²) < 4.78 is 7.42. The number of carbonyl (C=O) groups is 1. The molecule has 0 aliphatic carbocycles. The third-order valence-corrected chi connectivity index (χ3v) is 5.20. The fourth-order valence-electron chi connectivity index (χ4n) is 3.65. The molecule has 1 aliphatic heterocycles. The zero-order valence-electron chi connectivity index (χ0n) is 15.3. The number of carbonyl (C=O) groups excluding carboxylic acids is 1. The van der Waals surface area contributed by atoms with E-state index in [2.05, 4.69) is 33.8 Å². The third kappa shape index (κ3) is 2.81. The Hall–Kier alpha value is -2.89. The number of aryl methyl sites for hydroxylation is 3. The maximum Gasteiger partial charge on any atom is 0.228 e. The summed E-state index contributed by atoms with van der Waals surface area (Å²) in [6, 6.07) is 10.2. The highest BCUT2D eigenvalue weighted by molar-refractivity contribution is 5.79. The molecule has 1 amide bonds. The molecule has 4 rings (SSSR count). The molecule has 0 spiro atoms. The van der Waals surface area contributed by atoms with Crippen LogP contribution in [-0.2, 0) is 24.3 Å². The van der Waals surface area contributed by atoms with Crippen LogP contribution < -0.4 is 0 Å². The summed E-state index contributed by atoms with van der Waals surface area (Å²) >= 11 is 0. The summed E-state index contributed by atoms with van der Waals surface area (Å²) in [4.78, 5) is 19.6. The average molecular weight is 350 g/mol. The second-order valence-corrected chi connectivity index (χ2v) is 6.85. The summed E-state index contributed by atoms with van der Waals surface area (Å²) in [5.74, 6) is 1.71. The van der Waals surface area contributed by atoms with Crippen LogP contribution in [0.3, 0.4) is 0 Å². The molecule has 0 saturated carbocycles. The summed E-state index contributed by atoms with van der Waals surface area (Å²) in [5.41, 5.74) is 3.92. The van der Waals surface area contributed by atoms with E-state index in [1.54, 1.807) is 0 Å². The molecular weight excluding hydrogens is 328 g/mol. The van der Waals surface area contributed by atoms with Gasteiger partial charge in [-0.2, -0.15) is 0 Å². The number of fused-ring (bicyclic) bond motifs is 1. The predicted molar refractivity (Wildman–Crippen MR) is 96.4 cm³/mol. The Morgan fingerprint density at radius 3 is 2.69 bits per heavy atom. The maximum absolute atomic E-state index is 13.2. The van der Waals surface area contributed by atoms with Crippen LogP contribution >= 0.6 is 0 Å². The number of hydrogen-bond acceptors (Lipinski definition) is 4. The lowest BCUT2D eigenvalue weighted by molar-refractivity contribution is -0.135. The number of imidazole rings is 1. The van der Waals surface area contributed by atoms with Gasteiger partial charge in [0.1, 0.15) is 11.6 Å². The van der Waals surface area contributed by atoms with Crippen molar-refractivity contribution in [2.45, 2.75) is 46.3 Å². The minimum absolute atomic E-state index is 0.00966. The van der Waals surface area contributed by atoms with Crippen molar-refractivity contribution in [3.63, 3.8) is 0 Å². The largest absolute Gasteiger partial charge is 0.361 e. The highest BCUT2D eigenvalue weighted by atomic mass is 16.5. The SMILES string of the molecule is Cc1noc(C)c1CC(=O)N1Cc2ncc(C)n2C[C@@H]1c1ccccc1. The quantitative estimate of drug-likeness (QED) is 0.728. The number of rotatable bonds is 3. The van der Waals surface area contributed by atoms with Gasteiger partial charge >= 0.3 is 0 Å². The monoisotopic (exact) mass is 350 g/mol. The van der Waals surface area contributed by atoms with E-state index < -0.39 is 0 Å². The lowest BCUT2D eigenvalue weighted by atomic mass is 10.0. The lowest BCUT2D eigenvalue weighted by Gasteiger charge is -2.37. The minimum atomic E-state index is -0.00966. The molecule has 26 heavy (non-hydrogen) atoms. The number of nitrogens with zero attached hydrogens (tertiary/aromatic N) is 4.